The third-order valence-corrected chi connectivity index (χ3v) is 4.54. The third-order valence-electron chi connectivity index (χ3n) is 3.67. The zero-order valence-corrected chi connectivity index (χ0v) is 14.9. The van der Waals surface area contributed by atoms with Crippen LogP contribution in [0.3, 0.4) is 0 Å². The average molecular weight is 369 g/mol. The van der Waals surface area contributed by atoms with Crippen LogP contribution in [0.15, 0.2) is 33.7 Å². The molecule has 1 aliphatic heterocycles. The van der Waals surface area contributed by atoms with Crippen molar-refractivity contribution in [2.24, 2.45) is 0 Å². The predicted molar refractivity (Wildman–Crippen MR) is 96.4 cm³/mol. The largest absolute Gasteiger partial charge is 0.352 e. The Morgan fingerprint density at radius 3 is 3.12 bits per heavy atom. The Balaban J connectivity index is 0.00000208. The zero-order valence-electron chi connectivity index (χ0n) is 13.3. The number of nitrogens with zero attached hydrogens (tertiary/aromatic N) is 2. The lowest BCUT2D eigenvalue weighted by Crippen LogP contribution is -2.29. The molecule has 0 atom stereocenters. The number of rotatable bonds is 7. The summed E-state index contributed by atoms with van der Waals surface area (Å²) >= 11 is 1.58. The van der Waals surface area contributed by atoms with Crippen molar-refractivity contribution in [3.8, 4) is 10.7 Å². The van der Waals surface area contributed by atoms with Crippen LogP contribution in [0.4, 0.5) is 0 Å². The summed E-state index contributed by atoms with van der Waals surface area (Å²) < 4.78 is 5.22. The molecule has 0 saturated heterocycles. The number of halogens is 1. The van der Waals surface area contributed by atoms with Gasteiger partial charge < -0.3 is 15.2 Å². The van der Waals surface area contributed by atoms with E-state index in [4.69, 9.17) is 4.52 Å². The minimum absolute atomic E-state index is 0. The monoisotopic (exact) mass is 368 g/mol. The highest BCUT2D eigenvalue weighted by atomic mass is 35.5. The van der Waals surface area contributed by atoms with E-state index < -0.39 is 0 Å². The first-order chi connectivity index (χ1) is 11.3. The molecule has 0 bridgehead atoms. The summed E-state index contributed by atoms with van der Waals surface area (Å²) in [6, 6.07) is 3.92. The molecule has 1 amide bonds. The van der Waals surface area contributed by atoms with Gasteiger partial charge in [-0.2, -0.15) is 4.98 Å². The minimum atomic E-state index is 0. The fourth-order valence-corrected chi connectivity index (χ4v) is 3.04. The van der Waals surface area contributed by atoms with Crippen LogP contribution >= 0.6 is 23.7 Å². The van der Waals surface area contributed by atoms with E-state index >= 15 is 0 Å². The van der Waals surface area contributed by atoms with Gasteiger partial charge in [0.05, 0.1) is 4.88 Å². The van der Waals surface area contributed by atoms with Gasteiger partial charge in [-0.15, -0.1) is 23.7 Å². The van der Waals surface area contributed by atoms with Crippen molar-refractivity contribution < 1.29 is 9.32 Å². The number of hydrogen-bond donors (Lipinski definition) is 2. The molecule has 6 nitrogen and oxygen atoms in total. The van der Waals surface area contributed by atoms with Crippen molar-refractivity contribution in [3.05, 3.63) is 35.1 Å². The van der Waals surface area contributed by atoms with E-state index in [9.17, 15) is 4.79 Å². The smallest absolute Gasteiger partial charge is 0.226 e. The van der Waals surface area contributed by atoms with Gasteiger partial charge >= 0.3 is 0 Å². The Hall–Kier alpha value is -1.70. The van der Waals surface area contributed by atoms with Gasteiger partial charge in [-0.05, 0) is 30.8 Å². The van der Waals surface area contributed by atoms with E-state index in [1.807, 2.05) is 17.5 Å². The van der Waals surface area contributed by atoms with Crippen molar-refractivity contribution in [2.45, 2.75) is 25.7 Å². The van der Waals surface area contributed by atoms with Crippen LogP contribution in [0, 0.1) is 0 Å². The molecule has 24 heavy (non-hydrogen) atoms. The molecular weight excluding hydrogens is 348 g/mol. The molecule has 2 N–H and O–H groups in total. The van der Waals surface area contributed by atoms with E-state index in [0.29, 0.717) is 37.5 Å². The first kappa shape index (κ1) is 18.6. The van der Waals surface area contributed by atoms with Crippen LogP contribution in [0.2, 0.25) is 0 Å². The van der Waals surface area contributed by atoms with Gasteiger partial charge in [0, 0.05) is 25.9 Å². The minimum Gasteiger partial charge on any atom is -0.352 e. The summed E-state index contributed by atoms with van der Waals surface area (Å²) in [6.45, 7) is 2.55. The molecule has 2 aromatic heterocycles. The Morgan fingerprint density at radius 2 is 2.38 bits per heavy atom. The van der Waals surface area contributed by atoms with Crippen molar-refractivity contribution in [3.63, 3.8) is 0 Å². The maximum absolute atomic E-state index is 11.8. The maximum atomic E-state index is 11.8. The van der Waals surface area contributed by atoms with Gasteiger partial charge in [0.1, 0.15) is 0 Å². The summed E-state index contributed by atoms with van der Waals surface area (Å²) in [5, 5.41) is 12.2. The molecule has 8 heteroatoms. The number of aryl methyl sites for hydroxylation is 1. The normalized spacial score (nSPS) is 13.9. The van der Waals surface area contributed by atoms with Crippen LogP contribution in [0.5, 0.6) is 0 Å². The Bertz CT molecular complexity index is 669. The molecule has 0 aliphatic carbocycles. The summed E-state index contributed by atoms with van der Waals surface area (Å²) in [6.07, 6.45) is 4.96. The Labute approximate surface area is 151 Å². The molecular formula is C16H21ClN4O2S. The summed E-state index contributed by atoms with van der Waals surface area (Å²) in [4.78, 5) is 17.2. The number of hydrogen-bond acceptors (Lipinski definition) is 6. The molecule has 0 spiro atoms. The quantitative estimate of drug-likeness (QED) is 0.734. The fraction of sp³-hybridized carbons (Fsp3) is 0.438. The van der Waals surface area contributed by atoms with Crippen LogP contribution in [0.1, 0.15) is 25.2 Å². The number of carbonyl (C=O) groups excluding carboxylic acids is 1. The Kier molecular flexibility index (Phi) is 7.42. The molecule has 0 fully saturated rings. The van der Waals surface area contributed by atoms with Crippen LogP contribution < -0.4 is 10.6 Å². The summed E-state index contributed by atoms with van der Waals surface area (Å²) in [5.41, 5.74) is 1.30. The average Bonchev–Trinajstić information content (AvgIpc) is 3.25. The number of thiophene rings is 1. The second-order valence-corrected chi connectivity index (χ2v) is 6.38. The molecule has 3 rings (SSSR count). The van der Waals surface area contributed by atoms with Gasteiger partial charge in [-0.3, -0.25) is 4.79 Å². The lowest BCUT2D eigenvalue weighted by Gasteiger charge is -2.14. The summed E-state index contributed by atoms with van der Waals surface area (Å²) in [5.74, 6) is 1.28. The van der Waals surface area contributed by atoms with Crippen molar-refractivity contribution in [2.75, 3.05) is 19.6 Å². The molecule has 0 radical (unpaired) electrons. The van der Waals surface area contributed by atoms with Crippen LogP contribution in [-0.2, 0) is 11.2 Å². The Morgan fingerprint density at radius 1 is 1.46 bits per heavy atom. The van der Waals surface area contributed by atoms with E-state index in [1.54, 1.807) is 11.3 Å². The SMILES string of the molecule is Cl.O=C(CCCc1nc(-c2cccs2)no1)NCC1=CCNCC1. The van der Waals surface area contributed by atoms with Crippen LogP contribution in [-0.4, -0.2) is 35.7 Å². The van der Waals surface area contributed by atoms with Gasteiger partial charge in [0.2, 0.25) is 17.6 Å². The zero-order chi connectivity index (χ0) is 15.9. The topological polar surface area (TPSA) is 80.0 Å². The second kappa shape index (κ2) is 9.56. The highest BCUT2D eigenvalue weighted by Crippen LogP contribution is 2.21. The number of carbonyl (C=O) groups is 1. The van der Waals surface area contributed by atoms with Gasteiger partial charge in [-0.25, -0.2) is 0 Å². The van der Waals surface area contributed by atoms with E-state index in [1.165, 1.54) is 5.57 Å². The highest BCUT2D eigenvalue weighted by molar-refractivity contribution is 7.13. The number of nitrogens with one attached hydrogen (secondary N) is 2. The first-order valence-corrected chi connectivity index (χ1v) is 8.71. The fourth-order valence-electron chi connectivity index (χ4n) is 2.39. The molecule has 1 aliphatic rings. The predicted octanol–water partition coefficient (Wildman–Crippen LogP) is 2.58. The van der Waals surface area contributed by atoms with E-state index in [0.717, 1.165) is 24.4 Å². The van der Waals surface area contributed by atoms with E-state index in [2.05, 4.69) is 26.9 Å². The highest BCUT2D eigenvalue weighted by Gasteiger charge is 2.10. The molecule has 3 heterocycles. The second-order valence-electron chi connectivity index (χ2n) is 5.44. The summed E-state index contributed by atoms with van der Waals surface area (Å²) in [7, 11) is 0. The number of amides is 1. The lowest BCUT2D eigenvalue weighted by molar-refractivity contribution is -0.121. The standard InChI is InChI=1S/C16H20N4O2S.ClH/c21-14(18-11-12-6-8-17-9-7-12)4-1-5-15-19-16(20-22-15)13-3-2-10-23-13;/h2-3,6,10,17H,1,4-5,7-9,11H2,(H,18,21);1H. The van der Waals surface area contributed by atoms with E-state index in [-0.39, 0.29) is 18.3 Å². The van der Waals surface area contributed by atoms with Gasteiger partial charge in [0.25, 0.3) is 0 Å². The molecule has 0 unspecified atom stereocenters. The van der Waals surface area contributed by atoms with Crippen molar-refractivity contribution >= 4 is 29.7 Å². The lowest BCUT2D eigenvalue weighted by atomic mass is 10.1. The third kappa shape index (κ3) is 5.43. The molecule has 0 saturated carbocycles. The van der Waals surface area contributed by atoms with Crippen LogP contribution in [0.25, 0.3) is 10.7 Å². The van der Waals surface area contributed by atoms with Gasteiger partial charge in [-0.1, -0.05) is 22.9 Å². The molecule has 2 aromatic rings. The van der Waals surface area contributed by atoms with Crippen molar-refractivity contribution in [1.29, 1.82) is 0 Å². The first-order valence-electron chi connectivity index (χ1n) is 7.83. The molecule has 0 aromatic carbocycles. The molecule has 130 valence electrons. The maximum Gasteiger partial charge on any atom is 0.226 e. The van der Waals surface area contributed by atoms with Gasteiger partial charge in [0.15, 0.2) is 0 Å². The van der Waals surface area contributed by atoms with Crippen molar-refractivity contribution in [1.82, 2.24) is 20.8 Å². The number of aromatic nitrogens is 2.